The summed E-state index contributed by atoms with van der Waals surface area (Å²) in [6.45, 7) is -1.32. The zero-order chi connectivity index (χ0) is 27.5. The van der Waals surface area contributed by atoms with E-state index in [4.69, 9.17) is 19.3 Å². The molecule has 8 nitrogen and oxygen atoms in total. The molecule has 1 atom stereocenters. The smallest absolute Gasteiger partial charge is 0.424 e. The Morgan fingerprint density at radius 1 is 1.13 bits per heavy atom. The normalized spacial score (nSPS) is 14.3. The summed E-state index contributed by atoms with van der Waals surface area (Å²) in [4.78, 5) is 16.8. The highest BCUT2D eigenvalue weighted by Gasteiger charge is 2.56. The van der Waals surface area contributed by atoms with Crippen LogP contribution in [0, 0.1) is 5.82 Å². The lowest BCUT2D eigenvalue weighted by Crippen LogP contribution is -2.51. The molecular weight excluding hydrogens is 512 g/mol. The van der Waals surface area contributed by atoms with Gasteiger partial charge in [-0.25, -0.2) is 9.37 Å². The van der Waals surface area contributed by atoms with Gasteiger partial charge in [0.05, 0.1) is 32.6 Å². The number of carbonyl (C=O) groups excluding carboxylic acids is 1. The molecule has 0 saturated heterocycles. The van der Waals surface area contributed by atoms with Crippen molar-refractivity contribution in [2.45, 2.75) is 18.2 Å². The van der Waals surface area contributed by atoms with Crippen molar-refractivity contribution in [3.8, 4) is 28.5 Å². The Morgan fingerprint density at radius 3 is 2.53 bits per heavy atom. The monoisotopic (exact) mass is 536 g/mol. The number of pyridine rings is 1. The lowest BCUT2D eigenvalue weighted by atomic mass is 9.94. The number of nitrogens with zero attached hydrogens (tertiary/aromatic N) is 1. The lowest BCUT2D eigenvalue weighted by molar-refractivity contribution is -0.265. The third-order valence-electron chi connectivity index (χ3n) is 5.96. The van der Waals surface area contributed by atoms with Crippen LogP contribution in [0.3, 0.4) is 0 Å². The Hall–Kier alpha value is -3.90. The van der Waals surface area contributed by atoms with Crippen LogP contribution in [0.15, 0.2) is 48.5 Å². The summed E-state index contributed by atoms with van der Waals surface area (Å²) in [6.07, 6.45) is -4.94. The van der Waals surface area contributed by atoms with Crippen molar-refractivity contribution in [2.24, 2.45) is 0 Å². The minimum absolute atomic E-state index is 0.0206. The summed E-state index contributed by atoms with van der Waals surface area (Å²) in [5.41, 5.74) is -3.62. The van der Waals surface area contributed by atoms with Gasteiger partial charge in [-0.1, -0.05) is 0 Å². The zero-order valence-corrected chi connectivity index (χ0v) is 20.1. The molecular formula is C26H24F4N2O6. The van der Waals surface area contributed by atoms with Gasteiger partial charge in [-0.05, 0) is 48.5 Å². The molecule has 3 N–H and O–H groups in total. The Bertz CT molecular complexity index is 1320. The van der Waals surface area contributed by atoms with Crippen LogP contribution in [0.4, 0.5) is 17.6 Å². The van der Waals surface area contributed by atoms with Gasteiger partial charge in [0, 0.05) is 23.1 Å². The molecule has 1 aliphatic rings. The number of fused-ring (bicyclic) bond motifs is 1. The van der Waals surface area contributed by atoms with E-state index in [-0.39, 0.29) is 54.7 Å². The first-order valence-electron chi connectivity index (χ1n) is 11.5. The lowest BCUT2D eigenvalue weighted by Gasteiger charge is -2.31. The molecule has 0 saturated carbocycles. The number of aliphatic hydroxyl groups excluding tert-OH is 1. The second kappa shape index (κ2) is 10.8. The number of rotatable bonds is 9. The maximum Gasteiger partial charge on any atom is 0.424 e. The topological polar surface area (TPSA) is 110 Å². The highest BCUT2D eigenvalue weighted by Crippen LogP contribution is 2.43. The van der Waals surface area contributed by atoms with E-state index in [0.29, 0.717) is 11.1 Å². The first-order valence-corrected chi connectivity index (χ1v) is 11.5. The molecule has 4 rings (SSSR count). The molecule has 1 amide bonds. The molecule has 0 radical (unpaired) electrons. The number of halogens is 4. The van der Waals surface area contributed by atoms with Gasteiger partial charge in [-0.15, -0.1) is 0 Å². The Kier molecular flexibility index (Phi) is 7.74. The average Bonchev–Trinajstić information content (AvgIpc) is 3.38. The summed E-state index contributed by atoms with van der Waals surface area (Å²) in [5, 5.41) is 22.0. The molecule has 0 aliphatic carbocycles. The summed E-state index contributed by atoms with van der Waals surface area (Å²) in [5.74, 6) is -0.849. The summed E-state index contributed by atoms with van der Waals surface area (Å²) in [6, 6.07) is 9.99. The second-order valence-electron chi connectivity index (χ2n) is 8.43. The van der Waals surface area contributed by atoms with Gasteiger partial charge in [0.25, 0.3) is 5.91 Å². The SMILES string of the molecule is COc1cc(C(=O)NC[C@](O)(c2cc3c(c(-c4ccc(F)cc4)n2)OCC3)C(F)(F)F)ccc1OCCO. The highest BCUT2D eigenvalue weighted by molar-refractivity contribution is 5.95. The fraction of sp³-hybridized carbons (Fsp3) is 0.308. The van der Waals surface area contributed by atoms with Crippen LogP contribution in [0.1, 0.15) is 21.6 Å². The Morgan fingerprint density at radius 2 is 1.87 bits per heavy atom. The van der Waals surface area contributed by atoms with E-state index in [0.717, 1.165) is 18.2 Å². The Labute approximate surface area is 214 Å². The number of ether oxygens (including phenoxy) is 3. The minimum Gasteiger partial charge on any atom is -0.493 e. The average molecular weight is 536 g/mol. The third-order valence-corrected chi connectivity index (χ3v) is 5.96. The number of aliphatic hydroxyl groups is 2. The molecule has 202 valence electrons. The molecule has 2 aromatic carbocycles. The van der Waals surface area contributed by atoms with Crippen LogP contribution in [0.5, 0.6) is 17.2 Å². The third kappa shape index (κ3) is 5.36. The number of benzene rings is 2. The first-order chi connectivity index (χ1) is 18.1. The molecule has 3 aromatic rings. The van der Waals surface area contributed by atoms with Crippen LogP contribution in [-0.2, 0) is 12.0 Å². The number of hydrogen-bond donors (Lipinski definition) is 3. The first kappa shape index (κ1) is 27.1. The number of carbonyl (C=O) groups is 1. The fourth-order valence-corrected chi connectivity index (χ4v) is 3.94. The van der Waals surface area contributed by atoms with Gasteiger partial charge in [-0.3, -0.25) is 4.79 Å². The molecule has 38 heavy (non-hydrogen) atoms. The maximum atomic E-state index is 14.3. The van der Waals surface area contributed by atoms with E-state index in [1.165, 1.54) is 37.4 Å². The summed E-state index contributed by atoms with van der Waals surface area (Å²) >= 11 is 0. The van der Waals surface area contributed by atoms with Gasteiger partial charge >= 0.3 is 6.18 Å². The van der Waals surface area contributed by atoms with Crippen LogP contribution in [0.2, 0.25) is 0 Å². The molecule has 1 aliphatic heterocycles. The predicted octanol–water partition coefficient (Wildman–Crippen LogP) is 3.38. The number of hydrogen-bond acceptors (Lipinski definition) is 7. The van der Waals surface area contributed by atoms with Gasteiger partial charge < -0.3 is 29.7 Å². The number of nitrogens with one attached hydrogen (secondary N) is 1. The van der Waals surface area contributed by atoms with Crippen LogP contribution in [0.25, 0.3) is 11.3 Å². The number of aromatic nitrogens is 1. The van der Waals surface area contributed by atoms with E-state index in [9.17, 15) is 27.5 Å². The fourth-order valence-electron chi connectivity index (χ4n) is 3.94. The number of methoxy groups -OCH3 is 1. The van der Waals surface area contributed by atoms with Gasteiger partial charge in [0.2, 0.25) is 5.60 Å². The molecule has 0 unspecified atom stereocenters. The van der Waals surface area contributed by atoms with E-state index >= 15 is 0 Å². The quantitative estimate of drug-likeness (QED) is 0.360. The summed E-state index contributed by atoms with van der Waals surface area (Å²) < 4.78 is 72.3. The standard InChI is InChI=1S/C26H24F4N2O6/c1-36-20-12-17(4-7-19(20)37-11-9-33)24(34)31-14-25(35,26(28,29)30)21-13-16-8-10-38-23(16)22(32-21)15-2-5-18(27)6-3-15/h2-7,12-13,33,35H,8-11,14H2,1H3,(H,31,34)/t25-/m0/s1. The van der Waals surface area contributed by atoms with E-state index in [1.807, 2.05) is 0 Å². The number of amides is 1. The van der Waals surface area contributed by atoms with Crippen molar-refractivity contribution in [2.75, 3.05) is 33.5 Å². The van der Waals surface area contributed by atoms with E-state index < -0.39 is 35.7 Å². The van der Waals surface area contributed by atoms with Crippen molar-refractivity contribution in [3.63, 3.8) is 0 Å². The molecule has 0 spiro atoms. The van der Waals surface area contributed by atoms with Crippen molar-refractivity contribution in [3.05, 3.63) is 71.2 Å². The zero-order valence-electron chi connectivity index (χ0n) is 20.1. The van der Waals surface area contributed by atoms with Gasteiger partial charge in [-0.2, -0.15) is 13.2 Å². The van der Waals surface area contributed by atoms with Gasteiger partial charge in [0.1, 0.15) is 23.9 Å². The molecule has 0 fully saturated rings. The maximum absolute atomic E-state index is 14.3. The van der Waals surface area contributed by atoms with Crippen molar-refractivity contribution in [1.29, 1.82) is 0 Å². The highest BCUT2D eigenvalue weighted by atomic mass is 19.4. The van der Waals surface area contributed by atoms with Crippen LogP contribution in [-0.4, -0.2) is 60.8 Å². The molecule has 12 heteroatoms. The van der Waals surface area contributed by atoms with Crippen LogP contribution >= 0.6 is 0 Å². The second-order valence-corrected chi connectivity index (χ2v) is 8.43. The minimum atomic E-state index is -5.22. The van der Waals surface area contributed by atoms with Gasteiger partial charge in [0.15, 0.2) is 11.5 Å². The van der Waals surface area contributed by atoms with Crippen LogP contribution < -0.4 is 19.5 Å². The van der Waals surface area contributed by atoms with Crippen molar-refractivity contribution < 1.29 is 46.8 Å². The van der Waals surface area contributed by atoms with E-state index in [2.05, 4.69) is 10.3 Å². The van der Waals surface area contributed by atoms with Crippen molar-refractivity contribution >= 4 is 5.91 Å². The largest absolute Gasteiger partial charge is 0.493 e. The summed E-state index contributed by atoms with van der Waals surface area (Å²) in [7, 11) is 1.31. The molecule has 1 aromatic heterocycles. The predicted molar refractivity (Wildman–Crippen MR) is 127 cm³/mol. The molecule has 2 heterocycles. The molecule has 0 bridgehead atoms. The number of alkyl halides is 3. The van der Waals surface area contributed by atoms with Crippen molar-refractivity contribution in [1.82, 2.24) is 10.3 Å². The van der Waals surface area contributed by atoms with E-state index in [1.54, 1.807) is 0 Å². The Balaban J connectivity index is 1.65.